The van der Waals surface area contributed by atoms with Gasteiger partial charge in [0.2, 0.25) is 0 Å². The highest BCUT2D eigenvalue weighted by Gasteiger charge is 2.10. The van der Waals surface area contributed by atoms with Gasteiger partial charge < -0.3 is 5.11 Å². The second-order valence-corrected chi connectivity index (χ2v) is 6.01. The fourth-order valence-corrected chi connectivity index (χ4v) is 2.94. The molecule has 0 spiro atoms. The number of aliphatic hydroxyl groups is 1. The molecule has 1 unspecified atom stereocenters. The zero-order valence-corrected chi connectivity index (χ0v) is 12.0. The lowest BCUT2D eigenvalue weighted by molar-refractivity contribution is 0.274. The third-order valence-electron chi connectivity index (χ3n) is 2.63. The van der Waals surface area contributed by atoms with Crippen LogP contribution >= 0.6 is 27.3 Å². The topological polar surface area (TPSA) is 33.1 Å². The van der Waals surface area contributed by atoms with Crippen molar-refractivity contribution >= 4 is 27.3 Å². The first-order chi connectivity index (χ1) is 8.20. The number of rotatable bonds is 4. The van der Waals surface area contributed by atoms with Crippen LogP contribution in [0.4, 0.5) is 0 Å². The van der Waals surface area contributed by atoms with Gasteiger partial charge in [0, 0.05) is 27.9 Å². The summed E-state index contributed by atoms with van der Waals surface area (Å²) in [5.41, 5.74) is 1.24. The monoisotopic (exact) mass is 311 g/mol. The molecule has 1 atom stereocenters. The Hall–Kier alpha value is -0.710. The predicted molar refractivity (Wildman–Crippen MR) is 74.6 cm³/mol. The molecule has 1 aromatic carbocycles. The van der Waals surface area contributed by atoms with Gasteiger partial charge in [-0.05, 0) is 11.6 Å². The molecule has 17 heavy (non-hydrogen) atoms. The SMILES string of the molecule is CC(CO)c1cnc(Cc2ccccc2Br)s1. The van der Waals surface area contributed by atoms with Gasteiger partial charge >= 0.3 is 0 Å². The average molecular weight is 312 g/mol. The minimum absolute atomic E-state index is 0.177. The van der Waals surface area contributed by atoms with E-state index in [1.54, 1.807) is 11.3 Å². The standard InChI is InChI=1S/C13H14BrNOS/c1-9(8-16)12-7-15-13(17-12)6-10-4-2-3-5-11(10)14/h2-5,7,9,16H,6,8H2,1H3. The maximum atomic E-state index is 9.10. The zero-order chi connectivity index (χ0) is 12.3. The number of nitrogens with zero attached hydrogens (tertiary/aromatic N) is 1. The van der Waals surface area contributed by atoms with Crippen molar-refractivity contribution in [2.75, 3.05) is 6.61 Å². The maximum absolute atomic E-state index is 9.10. The summed E-state index contributed by atoms with van der Waals surface area (Å²) in [6, 6.07) is 8.18. The Morgan fingerprint density at radius 3 is 2.88 bits per heavy atom. The Morgan fingerprint density at radius 1 is 1.41 bits per heavy atom. The molecular weight excluding hydrogens is 298 g/mol. The molecule has 0 radical (unpaired) electrons. The van der Waals surface area contributed by atoms with Crippen molar-refractivity contribution in [2.24, 2.45) is 0 Å². The molecule has 1 N–H and O–H groups in total. The maximum Gasteiger partial charge on any atom is 0.0972 e. The van der Waals surface area contributed by atoms with E-state index in [0.717, 1.165) is 20.8 Å². The molecule has 0 saturated heterocycles. The lowest BCUT2D eigenvalue weighted by atomic mass is 10.2. The van der Waals surface area contributed by atoms with Crippen LogP contribution in [0.1, 0.15) is 28.3 Å². The van der Waals surface area contributed by atoms with Crippen LogP contribution in [-0.2, 0) is 6.42 Å². The Labute approximate surface area is 113 Å². The molecule has 1 heterocycles. The van der Waals surface area contributed by atoms with E-state index in [9.17, 15) is 0 Å². The third-order valence-corrected chi connectivity index (χ3v) is 4.63. The molecule has 2 rings (SSSR count). The van der Waals surface area contributed by atoms with Gasteiger partial charge in [-0.1, -0.05) is 41.1 Å². The largest absolute Gasteiger partial charge is 0.396 e. The molecule has 0 aliphatic heterocycles. The second kappa shape index (κ2) is 5.76. The number of aliphatic hydroxyl groups excluding tert-OH is 1. The molecule has 0 bridgehead atoms. The molecule has 0 aliphatic carbocycles. The minimum atomic E-state index is 0.177. The molecule has 0 saturated carbocycles. The van der Waals surface area contributed by atoms with Gasteiger partial charge in [-0.3, -0.25) is 0 Å². The van der Waals surface area contributed by atoms with Crippen molar-refractivity contribution in [3.05, 3.63) is 50.4 Å². The van der Waals surface area contributed by atoms with Gasteiger partial charge in [0.1, 0.15) is 0 Å². The molecule has 90 valence electrons. The molecule has 4 heteroatoms. The van der Waals surface area contributed by atoms with Crippen molar-refractivity contribution in [3.63, 3.8) is 0 Å². The fourth-order valence-electron chi connectivity index (χ4n) is 1.53. The van der Waals surface area contributed by atoms with E-state index < -0.39 is 0 Å². The number of hydrogen-bond acceptors (Lipinski definition) is 3. The summed E-state index contributed by atoms with van der Waals surface area (Å²) in [6.07, 6.45) is 2.71. The van der Waals surface area contributed by atoms with Crippen LogP contribution in [0.5, 0.6) is 0 Å². The normalized spacial score (nSPS) is 12.6. The van der Waals surface area contributed by atoms with Gasteiger partial charge in [-0.2, -0.15) is 0 Å². The van der Waals surface area contributed by atoms with Crippen LogP contribution in [0.15, 0.2) is 34.9 Å². The Bertz CT molecular complexity index is 498. The summed E-state index contributed by atoms with van der Waals surface area (Å²) >= 11 is 5.22. The first-order valence-corrected chi connectivity index (χ1v) is 7.10. The van der Waals surface area contributed by atoms with Gasteiger partial charge in [0.25, 0.3) is 0 Å². The van der Waals surface area contributed by atoms with E-state index in [0.29, 0.717) is 0 Å². The van der Waals surface area contributed by atoms with Gasteiger partial charge in [-0.15, -0.1) is 11.3 Å². The molecule has 1 aromatic heterocycles. The van der Waals surface area contributed by atoms with E-state index in [-0.39, 0.29) is 12.5 Å². The molecule has 0 fully saturated rings. The number of halogens is 1. The quantitative estimate of drug-likeness (QED) is 0.936. The highest BCUT2D eigenvalue weighted by Crippen LogP contribution is 2.26. The van der Waals surface area contributed by atoms with E-state index in [4.69, 9.17) is 5.11 Å². The molecular formula is C13H14BrNOS. The molecule has 2 aromatic rings. The van der Waals surface area contributed by atoms with Crippen LogP contribution in [0.25, 0.3) is 0 Å². The highest BCUT2D eigenvalue weighted by molar-refractivity contribution is 9.10. The summed E-state index contributed by atoms with van der Waals surface area (Å²) in [5.74, 6) is 0.181. The van der Waals surface area contributed by atoms with Crippen LogP contribution in [0, 0.1) is 0 Å². The van der Waals surface area contributed by atoms with Crippen molar-refractivity contribution in [3.8, 4) is 0 Å². The lowest BCUT2D eigenvalue weighted by Crippen LogP contribution is -1.94. The Kier molecular flexibility index (Phi) is 4.31. The van der Waals surface area contributed by atoms with Crippen molar-refractivity contribution in [2.45, 2.75) is 19.3 Å². The fraction of sp³-hybridized carbons (Fsp3) is 0.308. The third kappa shape index (κ3) is 3.15. The summed E-state index contributed by atoms with van der Waals surface area (Å²) in [5, 5.41) is 10.2. The van der Waals surface area contributed by atoms with Gasteiger partial charge in [0.15, 0.2) is 0 Å². The van der Waals surface area contributed by atoms with Crippen molar-refractivity contribution < 1.29 is 5.11 Å². The summed E-state index contributed by atoms with van der Waals surface area (Å²) in [4.78, 5) is 5.56. The van der Waals surface area contributed by atoms with Crippen LogP contribution in [-0.4, -0.2) is 16.7 Å². The number of aromatic nitrogens is 1. The lowest BCUT2D eigenvalue weighted by Gasteiger charge is -2.02. The number of benzene rings is 1. The van der Waals surface area contributed by atoms with E-state index in [2.05, 4.69) is 27.0 Å². The van der Waals surface area contributed by atoms with E-state index in [1.165, 1.54) is 5.56 Å². The predicted octanol–water partition coefficient (Wildman–Crippen LogP) is 3.59. The average Bonchev–Trinajstić information content (AvgIpc) is 2.80. The van der Waals surface area contributed by atoms with Crippen LogP contribution < -0.4 is 0 Å². The van der Waals surface area contributed by atoms with Gasteiger partial charge in [0.05, 0.1) is 11.6 Å². The highest BCUT2D eigenvalue weighted by atomic mass is 79.9. The summed E-state index contributed by atoms with van der Waals surface area (Å²) < 4.78 is 1.12. The summed E-state index contributed by atoms with van der Waals surface area (Å²) in [7, 11) is 0. The first kappa shape index (κ1) is 12.7. The molecule has 0 amide bonds. The second-order valence-electron chi connectivity index (χ2n) is 4.01. The number of thiazole rings is 1. The molecule has 2 nitrogen and oxygen atoms in total. The Balaban J connectivity index is 2.14. The smallest absolute Gasteiger partial charge is 0.0972 e. The van der Waals surface area contributed by atoms with Crippen LogP contribution in [0.2, 0.25) is 0 Å². The van der Waals surface area contributed by atoms with Crippen LogP contribution in [0.3, 0.4) is 0 Å². The Morgan fingerprint density at radius 2 is 2.18 bits per heavy atom. The first-order valence-electron chi connectivity index (χ1n) is 5.49. The number of hydrogen-bond donors (Lipinski definition) is 1. The van der Waals surface area contributed by atoms with Gasteiger partial charge in [-0.25, -0.2) is 4.98 Å². The van der Waals surface area contributed by atoms with Crippen molar-refractivity contribution in [1.82, 2.24) is 4.98 Å². The van der Waals surface area contributed by atoms with E-state index >= 15 is 0 Å². The van der Waals surface area contributed by atoms with E-state index in [1.807, 2.05) is 31.3 Å². The van der Waals surface area contributed by atoms with Crippen molar-refractivity contribution in [1.29, 1.82) is 0 Å². The minimum Gasteiger partial charge on any atom is -0.396 e. The molecule has 0 aliphatic rings. The zero-order valence-electron chi connectivity index (χ0n) is 9.56. The summed E-state index contributed by atoms with van der Waals surface area (Å²) in [6.45, 7) is 2.19.